The van der Waals surface area contributed by atoms with Gasteiger partial charge in [0.1, 0.15) is 0 Å². The molecule has 0 spiro atoms. The lowest BCUT2D eigenvalue weighted by molar-refractivity contribution is -0.140. The van der Waals surface area contributed by atoms with E-state index in [9.17, 15) is 9.59 Å². The SMILES string of the molecule is C=C(C)C(=O)OCCC1CCC(CCOC(=O)C(=C)C)CC1. The molecule has 124 valence electrons. The lowest BCUT2D eigenvalue weighted by Crippen LogP contribution is -2.19. The predicted octanol–water partition coefficient (Wildman–Crippen LogP) is 3.81. The molecule has 0 bridgehead atoms. The average molecular weight is 308 g/mol. The Bertz CT molecular complexity index is 377. The third kappa shape index (κ3) is 6.92. The molecule has 0 N–H and O–H groups in total. The van der Waals surface area contributed by atoms with Crippen LogP contribution in [0.5, 0.6) is 0 Å². The number of hydrogen-bond donors (Lipinski definition) is 0. The number of carbonyl (C=O) groups is 2. The summed E-state index contributed by atoms with van der Waals surface area (Å²) in [6.45, 7) is 11.4. The molecule has 0 aromatic carbocycles. The topological polar surface area (TPSA) is 52.6 Å². The molecule has 1 aliphatic rings. The molecule has 4 heteroatoms. The van der Waals surface area contributed by atoms with Crippen molar-refractivity contribution in [3.63, 3.8) is 0 Å². The molecule has 22 heavy (non-hydrogen) atoms. The van der Waals surface area contributed by atoms with E-state index in [1.54, 1.807) is 13.8 Å². The van der Waals surface area contributed by atoms with E-state index in [-0.39, 0.29) is 11.9 Å². The Labute approximate surface area is 133 Å². The minimum Gasteiger partial charge on any atom is -0.462 e. The first-order valence-corrected chi connectivity index (χ1v) is 8.05. The molecule has 1 rings (SSSR count). The summed E-state index contributed by atoms with van der Waals surface area (Å²) in [7, 11) is 0. The summed E-state index contributed by atoms with van der Waals surface area (Å²) in [4.78, 5) is 22.6. The van der Waals surface area contributed by atoms with Gasteiger partial charge in [-0.15, -0.1) is 0 Å². The molecule has 0 aromatic heterocycles. The fraction of sp³-hybridized carbons (Fsp3) is 0.667. The quantitative estimate of drug-likeness (QED) is 0.505. The van der Waals surface area contributed by atoms with Crippen LogP contribution in [0.4, 0.5) is 0 Å². The highest BCUT2D eigenvalue weighted by atomic mass is 16.5. The van der Waals surface area contributed by atoms with Crippen LogP contribution in [0.1, 0.15) is 52.4 Å². The zero-order valence-corrected chi connectivity index (χ0v) is 13.9. The van der Waals surface area contributed by atoms with Crippen molar-refractivity contribution in [2.45, 2.75) is 52.4 Å². The van der Waals surface area contributed by atoms with Gasteiger partial charge in [-0.1, -0.05) is 38.8 Å². The first kappa shape index (κ1) is 18.5. The maximum atomic E-state index is 11.3. The van der Waals surface area contributed by atoms with Crippen LogP contribution >= 0.6 is 0 Å². The third-order valence-electron chi connectivity index (χ3n) is 4.18. The monoisotopic (exact) mass is 308 g/mol. The van der Waals surface area contributed by atoms with E-state index in [1.165, 1.54) is 0 Å². The highest BCUT2D eigenvalue weighted by Crippen LogP contribution is 2.32. The highest BCUT2D eigenvalue weighted by molar-refractivity contribution is 5.87. The van der Waals surface area contributed by atoms with Crippen LogP contribution in [-0.4, -0.2) is 25.2 Å². The fourth-order valence-corrected chi connectivity index (χ4v) is 2.69. The van der Waals surface area contributed by atoms with Crippen LogP contribution in [0.25, 0.3) is 0 Å². The highest BCUT2D eigenvalue weighted by Gasteiger charge is 2.21. The maximum Gasteiger partial charge on any atom is 0.333 e. The van der Waals surface area contributed by atoms with Crippen LogP contribution in [0.3, 0.4) is 0 Å². The van der Waals surface area contributed by atoms with E-state index in [4.69, 9.17) is 9.47 Å². The van der Waals surface area contributed by atoms with Crippen molar-refractivity contribution in [3.8, 4) is 0 Å². The summed E-state index contributed by atoms with van der Waals surface area (Å²) < 4.78 is 10.3. The smallest absolute Gasteiger partial charge is 0.333 e. The standard InChI is InChI=1S/C18H28O4/c1-13(2)17(19)21-11-9-15-5-7-16(8-6-15)10-12-22-18(20)14(3)4/h15-16H,1,3,5-12H2,2,4H3. The molecule has 0 aromatic rings. The molecule has 0 aliphatic heterocycles. The van der Waals surface area contributed by atoms with Gasteiger partial charge < -0.3 is 9.47 Å². The predicted molar refractivity (Wildman–Crippen MR) is 86.2 cm³/mol. The number of carbonyl (C=O) groups excluding carboxylic acids is 2. The van der Waals surface area contributed by atoms with Gasteiger partial charge in [-0.05, 0) is 38.5 Å². The minimum atomic E-state index is -0.298. The minimum absolute atomic E-state index is 0.298. The summed E-state index contributed by atoms with van der Waals surface area (Å²) in [5.41, 5.74) is 0.904. The Morgan fingerprint density at radius 2 is 1.14 bits per heavy atom. The van der Waals surface area contributed by atoms with Crippen molar-refractivity contribution < 1.29 is 19.1 Å². The molecular formula is C18H28O4. The average Bonchev–Trinajstić information content (AvgIpc) is 2.48. The van der Waals surface area contributed by atoms with Crippen molar-refractivity contribution in [2.75, 3.05) is 13.2 Å². The van der Waals surface area contributed by atoms with Gasteiger partial charge in [0.25, 0.3) is 0 Å². The van der Waals surface area contributed by atoms with Crippen molar-refractivity contribution in [3.05, 3.63) is 24.3 Å². The van der Waals surface area contributed by atoms with Crippen molar-refractivity contribution in [1.29, 1.82) is 0 Å². The molecule has 0 unspecified atom stereocenters. The third-order valence-corrected chi connectivity index (χ3v) is 4.18. The summed E-state index contributed by atoms with van der Waals surface area (Å²) in [6.07, 6.45) is 6.48. The van der Waals surface area contributed by atoms with Crippen LogP contribution in [0, 0.1) is 11.8 Å². The molecule has 0 amide bonds. The van der Waals surface area contributed by atoms with E-state index >= 15 is 0 Å². The first-order valence-electron chi connectivity index (χ1n) is 8.05. The Hall–Kier alpha value is -1.58. The van der Waals surface area contributed by atoms with Gasteiger partial charge in [0.15, 0.2) is 0 Å². The zero-order chi connectivity index (χ0) is 16.5. The summed E-state index contributed by atoms with van der Waals surface area (Å²) in [6, 6.07) is 0. The molecule has 0 saturated heterocycles. The molecule has 1 saturated carbocycles. The second kappa shape index (κ2) is 9.44. The number of rotatable bonds is 8. The Balaban J connectivity index is 2.10. The summed E-state index contributed by atoms with van der Waals surface area (Å²) in [5.74, 6) is 0.667. The van der Waals surface area contributed by atoms with Gasteiger partial charge in [0.2, 0.25) is 0 Å². The van der Waals surface area contributed by atoms with E-state index in [0.717, 1.165) is 38.5 Å². The van der Waals surface area contributed by atoms with Gasteiger partial charge in [0.05, 0.1) is 13.2 Å². The van der Waals surface area contributed by atoms with E-state index in [2.05, 4.69) is 13.2 Å². The van der Waals surface area contributed by atoms with Crippen LogP contribution in [0.2, 0.25) is 0 Å². The molecule has 1 fully saturated rings. The molecule has 0 atom stereocenters. The lowest BCUT2D eigenvalue weighted by atomic mass is 9.79. The van der Waals surface area contributed by atoms with Crippen molar-refractivity contribution in [2.24, 2.45) is 11.8 Å². The van der Waals surface area contributed by atoms with Crippen molar-refractivity contribution >= 4 is 11.9 Å². The number of ether oxygens (including phenoxy) is 2. The second-order valence-corrected chi connectivity index (χ2v) is 6.30. The van der Waals surface area contributed by atoms with E-state index in [0.29, 0.717) is 36.2 Å². The van der Waals surface area contributed by atoms with Crippen LogP contribution in [0.15, 0.2) is 24.3 Å². The summed E-state index contributed by atoms with van der Waals surface area (Å²) in [5, 5.41) is 0. The number of hydrogen-bond acceptors (Lipinski definition) is 4. The van der Waals surface area contributed by atoms with E-state index < -0.39 is 0 Å². The van der Waals surface area contributed by atoms with Gasteiger partial charge >= 0.3 is 11.9 Å². The normalized spacial score (nSPS) is 21.0. The van der Waals surface area contributed by atoms with Crippen LogP contribution in [-0.2, 0) is 19.1 Å². The van der Waals surface area contributed by atoms with Gasteiger partial charge in [-0.2, -0.15) is 0 Å². The van der Waals surface area contributed by atoms with Gasteiger partial charge in [-0.3, -0.25) is 0 Å². The fourth-order valence-electron chi connectivity index (χ4n) is 2.69. The van der Waals surface area contributed by atoms with Gasteiger partial charge in [0, 0.05) is 11.1 Å². The molecular weight excluding hydrogens is 280 g/mol. The number of esters is 2. The molecule has 4 nitrogen and oxygen atoms in total. The lowest BCUT2D eigenvalue weighted by Gasteiger charge is -2.28. The van der Waals surface area contributed by atoms with E-state index in [1.807, 2.05) is 0 Å². The maximum absolute atomic E-state index is 11.3. The molecule has 1 aliphatic carbocycles. The first-order chi connectivity index (χ1) is 10.4. The molecule has 0 heterocycles. The van der Waals surface area contributed by atoms with Gasteiger partial charge in [-0.25, -0.2) is 9.59 Å². The Morgan fingerprint density at radius 3 is 1.41 bits per heavy atom. The Kier molecular flexibility index (Phi) is 7.92. The Morgan fingerprint density at radius 1 is 0.818 bits per heavy atom. The molecule has 0 radical (unpaired) electrons. The summed E-state index contributed by atoms with van der Waals surface area (Å²) >= 11 is 0. The van der Waals surface area contributed by atoms with Crippen LogP contribution < -0.4 is 0 Å². The second-order valence-electron chi connectivity index (χ2n) is 6.30. The van der Waals surface area contributed by atoms with Crippen molar-refractivity contribution in [1.82, 2.24) is 0 Å². The largest absolute Gasteiger partial charge is 0.462 e. The zero-order valence-electron chi connectivity index (χ0n) is 13.9.